The van der Waals surface area contributed by atoms with Gasteiger partial charge in [-0.05, 0) is 49.6 Å². The van der Waals surface area contributed by atoms with Gasteiger partial charge in [0.25, 0.3) is 0 Å². The minimum absolute atomic E-state index is 0.163. The van der Waals surface area contributed by atoms with Gasteiger partial charge < -0.3 is 9.47 Å². The number of rotatable bonds is 5. The molecule has 2 aromatic rings. The summed E-state index contributed by atoms with van der Waals surface area (Å²) in [5.74, 6) is 0.595. The van der Waals surface area contributed by atoms with Gasteiger partial charge >= 0.3 is 12.2 Å². The molecule has 2 heterocycles. The molecule has 7 nitrogen and oxygen atoms in total. The smallest absolute Gasteiger partial charge is 0.433 e. The minimum atomic E-state index is -4.59. The first-order valence-corrected chi connectivity index (χ1v) is 10.3. The van der Waals surface area contributed by atoms with Gasteiger partial charge in [-0.3, -0.25) is 0 Å². The molecule has 0 radical (unpaired) electrons. The van der Waals surface area contributed by atoms with Crippen LogP contribution in [0.5, 0.6) is 11.8 Å². The Morgan fingerprint density at radius 2 is 1.86 bits per heavy atom. The van der Waals surface area contributed by atoms with Crippen LogP contribution in [0.4, 0.5) is 13.2 Å². The van der Waals surface area contributed by atoms with Crippen molar-refractivity contribution in [3.63, 3.8) is 0 Å². The van der Waals surface area contributed by atoms with Crippen molar-refractivity contribution >= 4 is 10.0 Å². The van der Waals surface area contributed by atoms with Crippen molar-refractivity contribution in [1.29, 1.82) is 0 Å². The lowest BCUT2D eigenvalue weighted by Gasteiger charge is -2.31. The van der Waals surface area contributed by atoms with Crippen molar-refractivity contribution in [1.82, 2.24) is 14.3 Å². The maximum Gasteiger partial charge on any atom is 0.433 e. The second kappa shape index (κ2) is 8.15. The van der Waals surface area contributed by atoms with Gasteiger partial charge in [-0.1, -0.05) is 0 Å². The second-order valence-corrected chi connectivity index (χ2v) is 8.51. The van der Waals surface area contributed by atoms with Gasteiger partial charge in [0.05, 0.1) is 12.0 Å². The molecular weight excluding hydrogens is 411 g/mol. The fourth-order valence-corrected chi connectivity index (χ4v) is 4.61. The van der Waals surface area contributed by atoms with E-state index < -0.39 is 28.0 Å². The molecule has 29 heavy (non-hydrogen) atoms. The number of halogens is 3. The molecule has 3 rings (SSSR count). The molecule has 0 bridgehead atoms. The fourth-order valence-electron chi connectivity index (χ4n) is 3.06. The fraction of sp³-hybridized carbons (Fsp3) is 0.444. The zero-order valence-corrected chi connectivity index (χ0v) is 16.6. The van der Waals surface area contributed by atoms with Crippen molar-refractivity contribution in [3.8, 4) is 11.8 Å². The third-order valence-electron chi connectivity index (χ3n) is 4.60. The number of aromatic nitrogens is 2. The molecule has 1 fully saturated rings. The van der Waals surface area contributed by atoms with E-state index in [4.69, 9.17) is 9.47 Å². The average Bonchev–Trinajstić information content (AvgIpc) is 2.68. The molecule has 0 N–H and O–H groups in total. The number of nitrogens with zero attached hydrogens (tertiary/aromatic N) is 3. The van der Waals surface area contributed by atoms with Gasteiger partial charge in [0.2, 0.25) is 10.0 Å². The topological polar surface area (TPSA) is 81.6 Å². The zero-order valence-electron chi connectivity index (χ0n) is 15.8. The third-order valence-corrected chi connectivity index (χ3v) is 6.50. The van der Waals surface area contributed by atoms with Crippen molar-refractivity contribution in [2.75, 3.05) is 20.2 Å². The molecule has 0 aliphatic carbocycles. The van der Waals surface area contributed by atoms with E-state index in [1.165, 1.54) is 17.5 Å². The number of sulfonamides is 1. The Labute approximate surface area is 166 Å². The zero-order chi connectivity index (χ0) is 21.2. The van der Waals surface area contributed by atoms with Crippen LogP contribution in [0.3, 0.4) is 0 Å². The summed E-state index contributed by atoms with van der Waals surface area (Å²) in [5.41, 5.74) is -0.383. The Bertz CT molecular complexity index is 975. The highest BCUT2D eigenvalue weighted by Crippen LogP contribution is 2.29. The van der Waals surface area contributed by atoms with E-state index in [9.17, 15) is 21.6 Å². The summed E-state index contributed by atoms with van der Waals surface area (Å²) in [5, 5.41) is 0. The van der Waals surface area contributed by atoms with E-state index in [1.807, 2.05) is 0 Å². The summed E-state index contributed by atoms with van der Waals surface area (Å²) in [6, 6.07) is 5.03. The van der Waals surface area contributed by atoms with Gasteiger partial charge in [0.15, 0.2) is 5.69 Å². The van der Waals surface area contributed by atoms with Gasteiger partial charge in [-0.15, -0.1) is 0 Å². The monoisotopic (exact) mass is 431 g/mol. The predicted molar refractivity (Wildman–Crippen MR) is 97.2 cm³/mol. The number of ether oxygens (including phenoxy) is 2. The van der Waals surface area contributed by atoms with Crippen molar-refractivity contribution in [2.24, 2.45) is 0 Å². The number of benzene rings is 1. The van der Waals surface area contributed by atoms with Crippen LogP contribution >= 0.6 is 0 Å². The summed E-state index contributed by atoms with van der Waals surface area (Å²) < 4.78 is 75.9. The highest BCUT2D eigenvalue weighted by molar-refractivity contribution is 7.89. The first kappa shape index (κ1) is 21.3. The highest BCUT2D eigenvalue weighted by Gasteiger charge is 2.34. The first-order chi connectivity index (χ1) is 13.6. The van der Waals surface area contributed by atoms with E-state index in [2.05, 4.69) is 9.97 Å². The van der Waals surface area contributed by atoms with Crippen molar-refractivity contribution in [3.05, 3.63) is 41.7 Å². The molecule has 1 saturated heterocycles. The third kappa shape index (κ3) is 4.78. The molecule has 0 atom stereocenters. The van der Waals surface area contributed by atoms with E-state index in [0.29, 0.717) is 24.2 Å². The molecule has 11 heteroatoms. The lowest BCUT2D eigenvalue weighted by Crippen LogP contribution is -2.41. The Balaban J connectivity index is 1.65. The van der Waals surface area contributed by atoms with Gasteiger partial charge in [0.1, 0.15) is 11.9 Å². The van der Waals surface area contributed by atoms with E-state index in [1.54, 1.807) is 19.1 Å². The highest BCUT2D eigenvalue weighted by atomic mass is 32.2. The molecule has 1 aliphatic rings. The van der Waals surface area contributed by atoms with Crippen LogP contribution in [0.2, 0.25) is 0 Å². The normalized spacial score (nSPS) is 16.6. The molecule has 0 unspecified atom stereocenters. The molecule has 1 aromatic heterocycles. The van der Waals surface area contributed by atoms with E-state index in [-0.39, 0.29) is 24.0 Å². The number of aryl methyl sites for hydroxylation is 1. The largest absolute Gasteiger partial charge is 0.496 e. The van der Waals surface area contributed by atoms with Crippen LogP contribution < -0.4 is 9.47 Å². The SMILES string of the molecule is COc1ccc(S(=O)(=O)N2CCC(Oc3nccc(C(F)(F)F)n3)CC2)cc1C. The molecule has 1 aliphatic heterocycles. The van der Waals surface area contributed by atoms with Crippen LogP contribution in [0.25, 0.3) is 0 Å². The number of alkyl halides is 3. The first-order valence-electron chi connectivity index (χ1n) is 8.83. The summed E-state index contributed by atoms with van der Waals surface area (Å²) in [6.45, 7) is 2.11. The maximum atomic E-state index is 12.9. The minimum Gasteiger partial charge on any atom is -0.496 e. The summed E-state index contributed by atoms with van der Waals surface area (Å²) >= 11 is 0. The number of hydrogen-bond donors (Lipinski definition) is 0. The van der Waals surface area contributed by atoms with Crippen molar-refractivity contribution in [2.45, 2.75) is 36.9 Å². The van der Waals surface area contributed by atoms with E-state index in [0.717, 1.165) is 12.3 Å². The second-order valence-electron chi connectivity index (χ2n) is 6.57. The summed E-state index contributed by atoms with van der Waals surface area (Å²) in [7, 11) is -2.18. The van der Waals surface area contributed by atoms with Crippen molar-refractivity contribution < 1.29 is 31.1 Å². The van der Waals surface area contributed by atoms with Crippen LogP contribution in [-0.2, 0) is 16.2 Å². The van der Waals surface area contributed by atoms with Gasteiger partial charge in [0, 0.05) is 19.3 Å². The standard InChI is InChI=1S/C18H20F3N3O4S/c1-12-11-14(3-4-15(12)27-2)29(25,26)24-9-6-13(7-10-24)28-17-22-8-5-16(23-17)18(19,20)21/h3-5,8,11,13H,6-7,9-10H2,1-2H3. The molecule has 0 spiro atoms. The maximum absolute atomic E-state index is 12.9. The average molecular weight is 431 g/mol. The predicted octanol–water partition coefficient (Wildman–Crippen LogP) is 3.04. The molecule has 0 amide bonds. The van der Waals surface area contributed by atoms with Crippen LogP contribution in [0, 0.1) is 6.92 Å². The summed E-state index contributed by atoms with van der Waals surface area (Å²) in [4.78, 5) is 7.25. The Hall–Kier alpha value is -2.40. The number of hydrogen-bond acceptors (Lipinski definition) is 6. The molecule has 158 valence electrons. The lowest BCUT2D eigenvalue weighted by atomic mass is 10.1. The Morgan fingerprint density at radius 1 is 1.17 bits per heavy atom. The Kier molecular flexibility index (Phi) is 5.99. The van der Waals surface area contributed by atoms with Gasteiger partial charge in [-0.2, -0.15) is 22.5 Å². The number of methoxy groups -OCH3 is 1. The Morgan fingerprint density at radius 3 is 2.45 bits per heavy atom. The molecular formula is C18H20F3N3O4S. The quantitative estimate of drug-likeness (QED) is 0.724. The van der Waals surface area contributed by atoms with Gasteiger partial charge in [-0.25, -0.2) is 13.4 Å². The molecule has 1 aromatic carbocycles. The lowest BCUT2D eigenvalue weighted by molar-refractivity contribution is -0.141. The van der Waals surface area contributed by atoms with Crippen LogP contribution in [0.1, 0.15) is 24.1 Å². The molecule has 0 saturated carbocycles. The van der Waals surface area contributed by atoms with Crippen LogP contribution in [0.15, 0.2) is 35.4 Å². The van der Waals surface area contributed by atoms with Crippen LogP contribution in [-0.4, -0.2) is 49.0 Å². The summed E-state index contributed by atoms with van der Waals surface area (Å²) in [6.07, 6.45) is -3.45. The van der Waals surface area contributed by atoms with E-state index >= 15 is 0 Å². The number of piperidine rings is 1.